The fourth-order valence-corrected chi connectivity index (χ4v) is 3.89. The number of aryl methyl sites for hydroxylation is 1. The summed E-state index contributed by atoms with van der Waals surface area (Å²) >= 11 is 0. The Morgan fingerprint density at radius 3 is 2.24 bits per heavy atom. The number of nitrogens with zero attached hydrogens (tertiary/aromatic N) is 2. The van der Waals surface area contributed by atoms with Crippen molar-refractivity contribution in [1.82, 2.24) is 9.97 Å². The Kier molecular flexibility index (Phi) is 13.9. The standard InChI is InChI=1S/C24H26N2O.C5H12O3.C2H6/c1-16(2)21-11-12-25-15-23(21)22-9-7-18(13-17(22)3)19-8-10-24(26-14-19)27-20-5-4-6-20;6-2-1-4-8-5-3-7;1-2/h7-16,20H,4-6H2,1-3H3;6-7H,1-5H2;1-2H3. The summed E-state index contributed by atoms with van der Waals surface area (Å²) in [7, 11) is 0. The van der Waals surface area contributed by atoms with E-state index >= 15 is 0 Å². The summed E-state index contributed by atoms with van der Waals surface area (Å²) in [6, 6.07) is 12.8. The van der Waals surface area contributed by atoms with Crippen LogP contribution in [0.5, 0.6) is 5.88 Å². The van der Waals surface area contributed by atoms with Crippen molar-refractivity contribution in [2.45, 2.75) is 72.3 Å². The van der Waals surface area contributed by atoms with E-state index < -0.39 is 0 Å². The van der Waals surface area contributed by atoms with Gasteiger partial charge in [0.15, 0.2) is 0 Å². The largest absolute Gasteiger partial charge is 0.474 e. The molecule has 6 heteroatoms. The molecule has 1 aromatic carbocycles. The molecule has 2 aromatic heterocycles. The van der Waals surface area contributed by atoms with Crippen molar-refractivity contribution in [3.63, 3.8) is 0 Å². The van der Waals surface area contributed by atoms with E-state index in [0.29, 0.717) is 31.7 Å². The van der Waals surface area contributed by atoms with Crippen LogP contribution in [0.15, 0.2) is 55.0 Å². The van der Waals surface area contributed by atoms with Crippen LogP contribution in [0.3, 0.4) is 0 Å². The zero-order valence-corrected chi connectivity index (χ0v) is 23.1. The smallest absolute Gasteiger partial charge is 0.213 e. The van der Waals surface area contributed by atoms with Gasteiger partial charge in [0.1, 0.15) is 6.10 Å². The molecule has 1 aliphatic carbocycles. The van der Waals surface area contributed by atoms with E-state index in [0.717, 1.165) is 24.3 Å². The number of hydrogen-bond acceptors (Lipinski definition) is 6. The Hall–Kier alpha value is -2.80. The van der Waals surface area contributed by atoms with Crippen molar-refractivity contribution in [2.75, 3.05) is 26.4 Å². The van der Waals surface area contributed by atoms with Gasteiger partial charge in [-0.05, 0) is 72.9 Å². The highest BCUT2D eigenvalue weighted by Gasteiger charge is 2.19. The van der Waals surface area contributed by atoms with Crippen LogP contribution in [0.4, 0.5) is 0 Å². The third-order valence-corrected chi connectivity index (χ3v) is 6.09. The van der Waals surface area contributed by atoms with Crippen LogP contribution >= 0.6 is 0 Å². The highest BCUT2D eigenvalue weighted by Crippen LogP contribution is 2.33. The molecule has 0 radical (unpaired) electrons. The van der Waals surface area contributed by atoms with Gasteiger partial charge in [0, 0.05) is 49.0 Å². The second kappa shape index (κ2) is 16.8. The van der Waals surface area contributed by atoms with Crippen molar-refractivity contribution in [2.24, 2.45) is 0 Å². The molecule has 0 aliphatic heterocycles. The van der Waals surface area contributed by atoms with Gasteiger partial charge in [-0.2, -0.15) is 0 Å². The minimum absolute atomic E-state index is 0.0609. The first-order valence-electron chi connectivity index (χ1n) is 13.5. The molecular weight excluding hydrogens is 464 g/mol. The quantitative estimate of drug-likeness (QED) is 0.301. The minimum Gasteiger partial charge on any atom is -0.474 e. The summed E-state index contributed by atoms with van der Waals surface area (Å²) in [6.07, 6.45) is 10.3. The van der Waals surface area contributed by atoms with E-state index in [1.165, 1.54) is 34.2 Å². The van der Waals surface area contributed by atoms with Gasteiger partial charge < -0.3 is 19.7 Å². The van der Waals surface area contributed by atoms with Crippen LogP contribution in [0, 0.1) is 6.92 Å². The predicted octanol–water partition coefficient (Wildman–Crippen LogP) is 6.58. The van der Waals surface area contributed by atoms with Crippen molar-refractivity contribution in [1.29, 1.82) is 0 Å². The molecule has 37 heavy (non-hydrogen) atoms. The normalized spacial score (nSPS) is 12.6. The zero-order chi connectivity index (χ0) is 27.0. The first-order valence-corrected chi connectivity index (χ1v) is 13.5. The van der Waals surface area contributed by atoms with Gasteiger partial charge in [-0.15, -0.1) is 0 Å². The van der Waals surface area contributed by atoms with Gasteiger partial charge in [0.2, 0.25) is 5.88 Å². The topological polar surface area (TPSA) is 84.7 Å². The first-order chi connectivity index (χ1) is 18.0. The lowest BCUT2D eigenvalue weighted by Gasteiger charge is -2.25. The maximum atomic E-state index is 8.22. The highest BCUT2D eigenvalue weighted by atomic mass is 16.5. The summed E-state index contributed by atoms with van der Waals surface area (Å²) in [4.78, 5) is 8.84. The third-order valence-electron chi connectivity index (χ3n) is 6.09. The van der Waals surface area contributed by atoms with Crippen molar-refractivity contribution in [3.05, 3.63) is 66.1 Å². The lowest BCUT2D eigenvalue weighted by Crippen LogP contribution is -2.24. The molecule has 4 rings (SSSR count). The van der Waals surface area contributed by atoms with Gasteiger partial charge in [0.25, 0.3) is 0 Å². The highest BCUT2D eigenvalue weighted by molar-refractivity contribution is 5.75. The van der Waals surface area contributed by atoms with Crippen LogP contribution < -0.4 is 4.74 Å². The summed E-state index contributed by atoms with van der Waals surface area (Å²) in [5.74, 6) is 1.20. The second-order valence-electron chi connectivity index (χ2n) is 9.12. The Morgan fingerprint density at radius 2 is 1.68 bits per heavy atom. The van der Waals surface area contributed by atoms with E-state index in [2.05, 4.69) is 61.1 Å². The molecule has 0 saturated heterocycles. The number of benzene rings is 1. The van der Waals surface area contributed by atoms with Crippen LogP contribution in [0.1, 0.15) is 70.4 Å². The molecule has 0 unspecified atom stereocenters. The van der Waals surface area contributed by atoms with Crippen LogP contribution in [0.25, 0.3) is 22.3 Å². The Balaban J connectivity index is 0.000000414. The molecule has 2 N–H and O–H groups in total. The number of rotatable bonds is 10. The van der Waals surface area contributed by atoms with E-state index in [1.54, 1.807) is 0 Å². The molecule has 0 bridgehead atoms. The average Bonchev–Trinajstić information content (AvgIpc) is 2.91. The number of aromatic nitrogens is 2. The molecule has 3 aromatic rings. The molecular formula is C31H44N2O4. The fourth-order valence-electron chi connectivity index (χ4n) is 3.89. The maximum absolute atomic E-state index is 8.22. The van der Waals surface area contributed by atoms with Gasteiger partial charge in [-0.3, -0.25) is 4.98 Å². The number of aliphatic hydroxyl groups excluding tert-OH is 2. The van der Waals surface area contributed by atoms with Gasteiger partial charge in [-0.1, -0.05) is 45.9 Å². The number of pyridine rings is 2. The Bertz CT molecular complexity index is 1030. The lowest BCUT2D eigenvalue weighted by atomic mass is 9.91. The summed E-state index contributed by atoms with van der Waals surface area (Å²) in [6.45, 7) is 11.7. The van der Waals surface area contributed by atoms with E-state index in [4.69, 9.17) is 19.7 Å². The monoisotopic (exact) mass is 508 g/mol. The molecule has 202 valence electrons. The van der Waals surface area contributed by atoms with Crippen LogP contribution in [-0.4, -0.2) is 52.7 Å². The second-order valence-corrected chi connectivity index (χ2v) is 9.12. The van der Waals surface area contributed by atoms with Crippen molar-refractivity contribution < 1.29 is 19.7 Å². The molecule has 1 aliphatic rings. The Labute approximate surface area is 222 Å². The molecule has 1 fully saturated rings. The average molecular weight is 509 g/mol. The maximum Gasteiger partial charge on any atom is 0.213 e. The molecule has 0 spiro atoms. The third kappa shape index (κ3) is 9.54. The van der Waals surface area contributed by atoms with Crippen LogP contribution in [0.2, 0.25) is 0 Å². The number of hydrogen-bond donors (Lipinski definition) is 2. The van der Waals surface area contributed by atoms with Gasteiger partial charge in [-0.25, -0.2) is 4.98 Å². The summed E-state index contributed by atoms with van der Waals surface area (Å²) < 4.78 is 10.7. The minimum atomic E-state index is 0.0609. The fraction of sp³-hybridized carbons (Fsp3) is 0.484. The first kappa shape index (κ1) is 30.4. The molecule has 1 saturated carbocycles. The predicted molar refractivity (Wildman–Crippen MR) is 151 cm³/mol. The van der Waals surface area contributed by atoms with Crippen molar-refractivity contribution in [3.8, 4) is 28.1 Å². The van der Waals surface area contributed by atoms with Crippen LogP contribution in [-0.2, 0) is 4.74 Å². The number of aliphatic hydroxyl groups is 2. The van der Waals surface area contributed by atoms with E-state index in [9.17, 15) is 0 Å². The Morgan fingerprint density at radius 1 is 0.919 bits per heavy atom. The lowest BCUT2D eigenvalue weighted by molar-refractivity contribution is 0.0816. The van der Waals surface area contributed by atoms with E-state index in [-0.39, 0.29) is 13.2 Å². The zero-order valence-electron chi connectivity index (χ0n) is 23.1. The summed E-state index contributed by atoms with van der Waals surface area (Å²) in [5, 5.41) is 16.4. The molecule has 0 atom stereocenters. The van der Waals surface area contributed by atoms with Gasteiger partial charge in [0.05, 0.1) is 13.2 Å². The van der Waals surface area contributed by atoms with E-state index in [1.807, 2.05) is 38.5 Å². The molecule has 0 amide bonds. The number of ether oxygens (including phenoxy) is 2. The van der Waals surface area contributed by atoms with Gasteiger partial charge >= 0.3 is 0 Å². The summed E-state index contributed by atoms with van der Waals surface area (Å²) in [5.41, 5.74) is 7.33. The van der Waals surface area contributed by atoms with Crippen molar-refractivity contribution >= 4 is 0 Å². The SMILES string of the molecule is CC.Cc1cc(-c2ccc(OC3CCC3)nc2)ccc1-c1cnccc1C(C)C.OCCCOCCO. The molecule has 2 heterocycles. The molecule has 6 nitrogen and oxygen atoms in total.